The summed E-state index contributed by atoms with van der Waals surface area (Å²) in [6.45, 7) is 1.91. The summed E-state index contributed by atoms with van der Waals surface area (Å²) in [6, 6.07) is 7.20. The maximum Gasteiger partial charge on any atom is 0.201 e. The zero-order valence-corrected chi connectivity index (χ0v) is 7.23. The normalized spacial score (nSPS) is 11.0. The first-order valence-corrected chi connectivity index (χ1v) is 3.80. The molecule has 0 bridgehead atoms. The highest BCUT2D eigenvalue weighted by atomic mass is 16.5. The average Bonchev–Trinajstić information content (AvgIpc) is 2.14. The molecule has 1 rings (SSSR count). The molecule has 0 atom stereocenters. The summed E-state index contributed by atoms with van der Waals surface area (Å²) in [6.07, 6.45) is 1.08. The van der Waals surface area contributed by atoms with E-state index in [0.29, 0.717) is 18.3 Å². The van der Waals surface area contributed by atoms with Crippen molar-refractivity contribution in [1.82, 2.24) is 0 Å². The van der Waals surface area contributed by atoms with Crippen LogP contribution in [0.2, 0.25) is 0 Å². The number of aryl methyl sites for hydroxylation is 1. The quantitative estimate of drug-likeness (QED) is 0.437. The first-order chi connectivity index (χ1) is 6.26. The summed E-state index contributed by atoms with van der Waals surface area (Å²) < 4.78 is 5.04. The summed E-state index contributed by atoms with van der Waals surface area (Å²) in [7, 11) is 0. The van der Waals surface area contributed by atoms with Gasteiger partial charge in [0, 0.05) is 0 Å². The molecule has 0 fully saturated rings. The van der Waals surface area contributed by atoms with Crippen molar-refractivity contribution < 1.29 is 14.6 Å². The summed E-state index contributed by atoms with van der Waals surface area (Å²) in [5, 5.41) is 8.54. The average molecular weight is 178 g/mol. The number of carbonyl (C=O) groups is 1. The van der Waals surface area contributed by atoms with E-state index < -0.39 is 0 Å². The molecule has 1 N–H and O–H groups in total. The van der Waals surface area contributed by atoms with Crippen LogP contribution in [0.1, 0.15) is 5.56 Å². The van der Waals surface area contributed by atoms with Gasteiger partial charge in [-0.3, -0.25) is 4.79 Å². The molecule has 0 saturated carbocycles. The number of hydrogen-bond donors (Lipinski definition) is 1. The van der Waals surface area contributed by atoms with Gasteiger partial charge in [-0.05, 0) is 24.6 Å². The van der Waals surface area contributed by atoms with Gasteiger partial charge in [-0.2, -0.15) is 0 Å². The molecule has 1 aromatic rings. The molecule has 1 aromatic carbocycles. The highest BCUT2D eigenvalue weighted by molar-refractivity contribution is 5.70. The highest BCUT2D eigenvalue weighted by Gasteiger charge is 1.98. The second-order valence-electron chi connectivity index (χ2n) is 2.57. The van der Waals surface area contributed by atoms with Gasteiger partial charge in [-0.1, -0.05) is 12.1 Å². The Morgan fingerprint density at radius 2 is 2.31 bits per heavy atom. The number of carbonyl (C=O) groups excluding carboxylic acids is 1. The van der Waals surface area contributed by atoms with Crippen LogP contribution in [0.15, 0.2) is 36.3 Å². The molecule has 0 amide bonds. The molecule has 13 heavy (non-hydrogen) atoms. The molecule has 0 unspecified atom stereocenters. The second-order valence-corrected chi connectivity index (χ2v) is 2.57. The Hall–Kier alpha value is -1.77. The van der Waals surface area contributed by atoms with Gasteiger partial charge >= 0.3 is 0 Å². The first-order valence-electron chi connectivity index (χ1n) is 3.80. The van der Waals surface area contributed by atoms with Crippen LogP contribution in [0.25, 0.3) is 0 Å². The molecule has 0 aliphatic carbocycles. The summed E-state index contributed by atoms with van der Waals surface area (Å²) in [4.78, 5) is 10.3. The molecule has 68 valence electrons. The Morgan fingerprint density at radius 1 is 1.54 bits per heavy atom. The van der Waals surface area contributed by atoms with Crippen LogP contribution >= 0.6 is 0 Å². The molecule has 0 heterocycles. The van der Waals surface area contributed by atoms with Crippen LogP contribution in [-0.2, 0) is 4.79 Å². The SMILES string of the molecule is Cc1cccc(O/C(C=O)=C\O)c1. The third-order valence-corrected chi connectivity index (χ3v) is 1.47. The minimum atomic E-state index is -0.106. The van der Waals surface area contributed by atoms with E-state index in [0.717, 1.165) is 5.56 Å². The molecule has 3 nitrogen and oxygen atoms in total. The number of ether oxygens (including phenoxy) is 1. The van der Waals surface area contributed by atoms with Crippen LogP contribution in [0.4, 0.5) is 0 Å². The molecule has 0 aromatic heterocycles. The largest absolute Gasteiger partial charge is 0.512 e. The van der Waals surface area contributed by atoms with Crippen LogP contribution < -0.4 is 4.74 Å². The lowest BCUT2D eigenvalue weighted by Crippen LogP contribution is -1.96. The molecule has 0 radical (unpaired) electrons. The second kappa shape index (κ2) is 4.30. The highest BCUT2D eigenvalue weighted by Crippen LogP contribution is 2.14. The van der Waals surface area contributed by atoms with Crippen LogP contribution in [-0.4, -0.2) is 11.4 Å². The van der Waals surface area contributed by atoms with Crippen molar-refractivity contribution in [3.8, 4) is 5.75 Å². The molecule has 0 spiro atoms. The lowest BCUT2D eigenvalue weighted by atomic mass is 10.2. The third-order valence-electron chi connectivity index (χ3n) is 1.47. The fraction of sp³-hybridized carbons (Fsp3) is 0.100. The van der Waals surface area contributed by atoms with E-state index >= 15 is 0 Å². The molecular formula is C10H10O3. The number of allylic oxidation sites excluding steroid dienone is 1. The lowest BCUT2D eigenvalue weighted by Gasteiger charge is -2.03. The van der Waals surface area contributed by atoms with Gasteiger partial charge in [0.15, 0.2) is 6.29 Å². The Kier molecular flexibility index (Phi) is 3.09. The van der Waals surface area contributed by atoms with E-state index in [1.807, 2.05) is 19.1 Å². The van der Waals surface area contributed by atoms with E-state index in [4.69, 9.17) is 9.84 Å². The van der Waals surface area contributed by atoms with E-state index in [2.05, 4.69) is 0 Å². The Morgan fingerprint density at radius 3 is 2.85 bits per heavy atom. The Labute approximate surface area is 76.3 Å². The number of aldehydes is 1. The fourth-order valence-corrected chi connectivity index (χ4v) is 0.896. The Balaban J connectivity index is 2.79. The molecule has 0 aliphatic heterocycles. The smallest absolute Gasteiger partial charge is 0.201 e. The van der Waals surface area contributed by atoms with Crippen LogP contribution in [0, 0.1) is 6.92 Å². The number of aliphatic hydroxyl groups is 1. The lowest BCUT2D eigenvalue weighted by molar-refractivity contribution is -0.106. The number of hydrogen-bond acceptors (Lipinski definition) is 3. The zero-order valence-electron chi connectivity index (χ0n) is 7.23. The van der Waals surface area contributed by atoms with E-state index in [1.54, 1.807) is 12.1 Å². The minimum absolute atomic E-state index is 0.106. The minimum Gasteiger partial charge on any atom is -0.512 e. The van der Waals surface area contributed by atoms with Crippen molar-refractivity contribution >= 4 is 6.29 Å². The van der Waals surface area contributed by atoms with Gasteiger partial charge in [-0.25, -0.2) is 0 Å². The fourth-order valence-electron chi connectivity index (χ4n) is 0.896. The van der Waals surface area contributed by atoms with Crippen molar-refractivity contribution in [2.75, 3.05) is 0 Å². The van der Waals surface area contributed by atoms with Gasteiger partial charge in [0.1, 0.15) is 12.0 Å². The van der Waals surface area contributed by atoms with Crippen molar-refractivity contribution in [3.05, 3.63) is 41.9 Å². The maximum atomic E-state index is 10.3. The van der Waals surface area contributed by atoms with Crippen molar-refractivity contribution in [2.45, 2.75) is 6.92 Å². The number of rotatable bonds is 3. The molecule has 0 aliphatic rings. The van der Waals surface area contributed by atoms with Crippen LogP contribution in [0.3, 0.4) is 0 Å². The monoisotopic (exact) mass is 178 g/mol. The van der Waals surface area contributed by atoms with Crippen molar-refractivity contribution in [1.29, 1.82) is 0 Å². The molecule has 0 saturated heterocycles. The van der Waals surface area contributed by atoms with E-state index in [-0.39, 0.29) is 5.76 Å². The van der Waals surface area contributed by atoms with E-state index in [1.165, 1.54) is 0 Å². The predicted molar refractivity (Wildman–Crippen MR) is 48.6 cm³/mol. The van der Waals surface area contributed by atoms with Crippen molar-refractivity contribution in [2.24, 2.45) is 0 Å². The topological polar surface area (TPSA) is 46.5 Å². The van der Waals surface area contributed by atoms with Gasteiger partial charge < -0.3 is 9.84 Å². The summed E-state index contributed by atoms with van der Waals surface area (Å²) in [5.41, 5.74) is 1.03. The molecular weight excluding hydrogens is 168 g/mol. The number of benzene rings is 1. The molecule has 3 heteroatoms. The third kappa shape index (κ3) is 2.63. The predicted octanol–water partition coefficient (Wildman–Crippen LogP) is 1.97. The van der Waals surface area contributed by atoms with Gasteiger partial charge in [0.2, 0.25) is 5.76 Å². The van der Waals surface area contributed by atoms with Crippen molar-refractivity contribution in [3.63, 3.8) is 0 Å². The summed E-state index contributed by atoms with van der Waals surface area (Å²) >= 11 is 0. The first kappa shape index (κ1) is 9.32. The zero-order chi connectivity index (χ0) is 9.68. The maximum absolute atomic E-state index is 10.3. The summed E-state index contributed by atoms with van der Waals surface area (Å²) in [5.74, 6) is 0.429. The van der Waals surface area contributed by atoms with Crippen LogP contribution in [0.5, 0.6) is 5.75 Å². The van der Waals surface area contributed by atoms with Gasteiger partial charge in [-0.15, -0.1) is 0 Å². The van der Waals surface area contributed by atoms with Gasteiger partial charge in [0.25, 0.3) is 0 Å². The standard InChI is InChI=1S/C10H10O3/c1-8-3-2-4-9(5-8)13-10(6-11)7-12/h2-7,11H,1H3/b10-6-. The number of aliphatic hydroxyl groups excluding tert-OH is 1. The van der Waals surface area contributed by atoms with Gasteiger partial charge in [0.05, 0.1) is 0 Å². The Bertz CT molecular complexity index is 329. The van der Waals surface area contributed by atoms with E-state index in [9.17, 15) is 4.79 Å².